The van der Waals surface area contributed by atoms with Crippen LogP contribution in [0.25, 0.3) is 5.70 Å². The second kappa shape index (κ2) is 4.84. The Hall–Kier alpha value is -1.48. The third kappa shape index (κ3) is 2.73. The van der Waals surface area contributed by atoms with Crippen molar-refractivity contribution >= 4 is 23.5 Å². The van der Waals surface area contributed by atoms with Crippen LogP contribution in [0.1, 0.15) is 12.5 Å². The normalized spacial score (nSPS) is 13.0. The zero-order valence-electron chi connectivity index (χ0n) is 8.66. The van der Waals surface area contributed by atoms with Gasteiger partial charge in [0, 0.05) is 19.0 Å². The van der Waals surface area contributed by atoms with Gasteiger partial charge in [-0.15, -0.1) is 0 Å². The summed E-state index contributed by atoms with van der Waals surface area (Å²) in [6, 6.07) is 4.85. The molecule has 0 spiro atoms. The summed E-state index contributed by atoms with van der Waals surface area (Å²) in [6.45, 7) is 1.86. The summed E-state index contributed by atoms with van der Waals surface area (Å²) < 4.78 is 0. The van der Waals surface area contributed by atoms with Crippen molar-refractivity contribution in [2.24, 2.45) is 10.7 Å². The molecule has 1 aromatic carbocycles. The minimum atomic E-state index is 0.0510. The molecule has 0 heterocycles. The Morgan fingerprint density at radius 1 is 1.53 bits per heavy atom. The molecule has 0 radical (unpaired) electrons. The smallest absolute Gasteiger partial charge is 0.134 e. The molecule has 0 aliphatic heterocycles. The minimum absolute atomic E-state index is 0.0510. The van der Waals surface area contributed by atoms with E-state index in [1.165, 1.54) is 6.07 Å². The summed E-state index contributed by atoms with van der Waals surface area (Å²) in [5, 5.41) is 9.54. The lowest BCUT2D eigenvalue weighted by Gasteiger charge is -2.05. The van der Waals surface area contributed by atoms with Gasteiger partial charge in [-0.2, -0.15) is 0 Å². The topological polar surface area (TPSA) is 58.6 Å². The quantitative estimate of drug-likeness (QED) is 0.758. The van der Waals surface area contributed by atoms with E-state index in [2.05, 4.69) is 4.99 Å². The first-order chi connectivity index (χ1) is 7.06. The van der Waals surface area contributed by atoms with Crippen molar-refractivity contribution in [3.8, 4) is 5.75 Å². The van der Waals surface area contributed by atoms with Crippen LogP contribution in [0, 0.1) is 0 Å². The van der Waals surface area contributed by atoms with Gasteiger partial charge in [0.25, 0.3) is 0 Å². The predicted molar refractivity (Wildman–Crippen MR) is 64.3 cm³/mol. The predicted octanol–water partition coefficient (Wildman–Crippen LogP) is 2.44. The number of aromatic hydroxyl groups is 1. The van der Waals surface area contributed by atoms with Crippen molar-refractivity contribution in [2.45, 2.75) is 6.92 Å². The van der Waals surface area contributed by atoms with E-state index in [1.807, 2.05) is 6.92 Å². The molecule has 1 rings (SSSR count). The van der Waals surface area contributed by atoms with Crippen molar-refractivity contribution in [1.29, 1.82) is 0 Å². The fourth-order valence-electron chi connectivity index (χ4n) is 1.17. The van der Waals surface area contributed by atoms with Gasteiger partial charge < -0.3 is 10.8 Å². The number of benzene rings is 1. The van der Waals surface area contributed by atoms with Gasteiger partial charge in [0.1, 0.15) is 5.75 Å². The standard InChI is InChI=1S/C11H13ClN2O/c1-7(6-14-2)11(13)8-3-4-10(15)9(12)5-8/h3-6,15H,13H2,1-2H3. The summed E-state index contributed by atoms with van der Waals surface area (Å²) in [4.78, 5) is 3.88. The van der Waals surface area contributed by atoms with Gasteiger partial charge in [0.05, 0.1) is 5.02 Å². The molecule has 4 heteroatoms. The van der Waals surface area contributed by atoms with E-state index >= 15 is 0 Å². The van der Waals surface area contributed by atoms with Crippen LogP contribution in [0.15, 0.2) is 28.8 Å². The van der Waals surface area contributed by atoms with E-state index in [-0.39, 0.29) is 10.8 Å². The first-order valence-electron chi connectivity index (χ1n) is 4.43. The number of nitrogens with zero attached hydrogens (tertiary/aromatic N) is 1. The van der Waals surface area contributed by atoms with Crippen LogP contribution >= 0.6 is 11.6 Å². The molecule has 3 nitrogen and oxygen atoms in total. The summed E-state index contributed by atoms with van der Waals surface area (Å²) in [5.41, 5.74) is 8.12. The molecule has 15 heavy (non-hydrogen) atoms. The molecule has 0 unspecified atom stereocenters. The van der Waals surface area contributed by atoms with Gasteiger partial charge in [0.15, 0.2) is 0 Å². The molecule has 0 saturated heterocycles. The van der Waals surface area contributed by atoms with Crippen molar-refractivity contribution in [1.82, 2.24) is 0 Å². The first kappa shape index (κ1) is 11.6. The third-order valence-corrected chi connectivity index (χ3v) is 2.31. The zero-order valence-corrected chi connectivity index (χ0v) is 9.42. The molecular weight excluding hydrogens is 212 g/mol. The number of hydrogen-bond donors (Lipinski definition) is 2. The van der Waals surface area contributed by atoms with Crippen LogP contribution in [0.2, 0.25) is 5.02 Å². The van der Waals surface area contributed by atoms with Crippen molar-refractivity contribution in [2.75, 3.05) is 7.05 Å². The summed E-state index contributed by atoms with van der Waals surface area (Å²) in [5.74, 6) is 0.0510. The fraction of sp³-hybridized carbons (Fsp3) is 0.182. The Labute approximate surface area is 93.9 Å². The lowest BCUT2D eigenvalue weighted by molar-refractivity contribution is 0.475. The zero-order chi connectivity index (χ0) is 11.4. The Balaban J connectivity index is 3.17. The van der Waals surface area contributed by atoms with Crippen molar-refractivity contribution in [3.63, 3.8) is 0 Å². The monoisotopic (exact) mass is 224 g/mol. The average molecular weight is 225 g/mol. The second-order valence-corrected chi connectivity index (χ2v) is 3.56. The Morgan fingerprint density at radius 3 is 2.73 bits per heavy atom. The highest BCUT2D eigenvalue weighted by atomic mass is 35.5. The van der Waals surface area contributed by atoms with Crippen molar-refractivity contribution < 1.29 is 5.11 Å². The lowest BCUT2D eigenvalue weighted by atomic mass is 10.1. The summed E-state index contributed by atoms with van der Waals surface area (Å²) in [7, 11) is 1.68. The van der Waals surface area contributed by atoms with Crippen LogP contribution in [0.3, 0.4) is 0 Å². The van der Waals surface area contributed by atoms with Gasteiger partial charge in [-0.25, -0.2) is 0 Å². The molecule has 0 atom stereocenters. The molecule has 0 saturated carbocycles. The molecule has 1 aromatic rings. The number of halogens is 1. The lowest BCUT2D eigenvalue weighted by Crippen LogP contribution is -2.00. The molecular formula is C11H13ClN2O. The maximum atomic E-state index is 9.25. The minimum Gasteiger partial charge on any atom is -0.506 e. The third-order valence-electron chi connectivity index (χ3n) is 2.01. The van der Waals surface area contributed by atoms with E-state index in [1.54, 1.807) is 25.4 Å². The van der Waals surface area contributed by atoms with Crippen LogP contribution in [-0.4, -0.2) is 18.4 Å². The van der Waals surface area contributed by atoms with Gasteiger partial charge in [0.2, 0.25) is 0 Å². The van der Waals surface area contributed by atoms with E-state index < -0.39 is 0 Å². The highest BCUT2D eigenvalue weighted by Crippen LogP contribution is 2.26. The fourth-order valence-corrected chi connectivity index (χ4v) is 1.35. The van der Waals surface area contributed by atoms with Gasteiger partial charge in [-0.05, 0) is 36.3 Å². The SMILES string of the molecule is CN=CC(C)=C(N)c1ccc(O)c(Cl)c1. The maximum Gasteiger partial charge on any atom is 0.134 e. The van der Waals surface area contributed by atoms with E-state index in [0.29, 0.717) is 5.70 Å². The van der Waals surface area contributed by atoms with E-state index in [0.717, 1.165) is 11.1 Å². The molecule has 0 aromatic heterocycles. The average Bonchev–Trinajstić information content (AvgIpc) is 2.21. The maximum absolute atomic E-state index is 9.25. The molecule has 0 aliphatic rings. The number of phenols is 1. The Kier molecular flexibility index (Phi) is 3.74. The molecule has 80 valence electrons. The van der Waals surface area contributed by atoms with Crippen molar-refractivity contribution in [3.05, 3.63) is 34.4 Å². The Morgan fingerprint density at radius 2 is 2.20 bits per heavy atom. The second-order valence-electron chi connectivity index (χ2n) is 3.15. The summed E-state index contributed by atoms with van der Waals surface area (Å²) in [6.07, 6.45) is 1.68. The van der Waals surface area contributed by atoms with Gasteiger partial charge in [-0.1, -0.05) is 11.6 Å². The number of allylic oxidation sites excluding steroid dienone is 1. The first-order valence-corrected chi connectivity index (χ1v) is 4.81. The molecule has 0 amide bonds. The Bertz CT molecular complexity index is 425. The van der Waals surface area contributed by atoms with Gasteiger partial charge in [-0.3, -0.25) is 4.99 Å². The van der Waals surface area contributed by atoms with E-state index in [9.17, 15) is 5.11 Å². The number of nitrogens with two attached hydrogens (primary N) is 1. The number of rotatable bonds is 2. The number of aliphatic imine (C=N–C) groups is 1. The van der Waals surface area contributed by atoms with Crippen LogP contribution in [0.5, 0.6) is 5.75 Å². The van der Waals surface area contributed by atoms with Crippen LogP contribution < -0.4 is 5.73 Å². The largest absolute Gasteiger partial charge is 0.506 e. The van der Waals surface area contributed by atoms with E-state index in [4.69, 9.17) is 17.3 Å². The number of phenolic OH excluding ortho intramolecular Hbond substituents is 1. The molecule has 0 bridgehead atoms. The van der Waals surface area contributed by atoms with Gasteiger partial charge >= 0.3 is 0 Å². The highest BCUT2D eigenvalue weighted by molar-refractivity contribution is 6.32. The molecule has 3 N–H and O–H groups in total. The molecule has 0 aliphatic carbocycles. The number of hydrogen-bond acceptors (Lipinski definition) is 3. The highest BCUT2D eigenvalue weighted by Gasteiger charge is 2.03. The van der Waals surface area contributed by atoms with Crippen LogP contribution in [0.4, 0.5) is 0 Å². The summed E-state index contributed by atoms with van der Waals surface area (Å²) >= 11 is 5.78. The molecule has 0 fully saturated rings. The van der Waals surface area contributed by atoms with Crippen LogP contribution in [-0.2, 0) is 0 Å².